The van der Waals surface area contributed by atoms with Crippen LogP contribution >= 0.6 is 0 Å². The van der Waals surface area contributed by atoms with Crippen molar-refractivity contribution < 1.29 is 17.9 Å². The van der Waals surface area contributed by atoms with Crippen molar-refractivity contribution in [2.45, 2.75) is 50.3 Å². The average molecular weight is 495 g/mol. The third-order valence-corrected chi connectivity index (χ3v) is 8.09. The van der Waals surface area contributed by atoms with Crippen LogP contribution in [-0.4, -0.2) is 45.7 Å². The van der Waals surface area contributed by atoms with E-state index in [-0.39, 0.29) is 17.0 Å². The molecule has 0 spiro atoms. The molecule has 0 radical (unpaired) electrons. The lowest BCUT2D eigenvalue weighted by Gasteiger charge is -2.39. The van der Waals surface area contributed by atoms with Gasteiger partial charge in [-0.25, -0.2) is 8.42 Å². The number of nitrogens with zero attached hydrogens (tertiary/aromatic N) is 2. The van der Waals surface area contributed by atoms with Crippen molar-refractivity contribution in [1.29, 1.82) is 0 Å². The zero-order valence-corrected chi connectivity index (χ0v) is 21.4. The number of sulfonamides is 1. The third kappa shape index (κ3) is 6.16. The molecule has 7 heteroatoms. The van der Waals surface area contributed by atoms with Gasteiger partial charge in [0.15, 0.2) is 0 Å². The van der Waals surface area contributed by atoms with Crippen molar-refractivity contribution in [3.63, 3.8) is 0 Å². The summed E-state index contributed by atoms with van der Waals surface area (Å²) in [5.74, 6) is 1.28. The molecular weight excluding hydrogens is 460 g/mol. The normalized spacial score (nSPS) is 15.2. The highest BCUT2D eigenvalue weighted by atomic mass is 32.2. The van der Waals surface area contributed by atoms with Gasteiger partial charge in [0.2, 0.25) is 0 Å². The molecule has 186 valence electrons. The van der Waals surface area contributed by atoms with Crippen LogP contribution in [0.25, 0.3) is 0 Å². The average Bonchev–Trinajstić information content (AvgIpc) is 2.86. The lowest BCUT2D eigenvalue weighted by molar-refractivity contribution is 0.206. The van der Waals surface area contributed by atoms with E-state index in [4.69, 9.17) is 9.47 Å². The summed E-state index contributed by atoms with van der Waals surface area (Å²) in [5, 5.41) is 0. The first kappa shape index (κ1) is 25.1. The number of piperidine rings is 1. The molecule has 35 heavy (non-hydrogen) atoms. The van der Waals surface area contributed by atoms with Crippen molar-refractivity contribution in [1.82, 2.24) is 4.90 Å². The first-order valence-corrected chi connectivity index (χ1v) is 13.5. The number of rotatable bonds is 9. The highest BCUT2D eigenvalue weighted by molar-refractivity contribution is 7.92. The van der Waals surface area contributed by atoms with Crippen molar-refractivity contribution in [3.8, 4) is 11.5 Å². The third-order valence-electron chi connectivity index (χ3n) is 6.20. The fourth-order valence-electron chi connectivity index (χ4n) is 4.53. The topological polar surface area (TPSA) is 59.1 Å². The van der Waals surface area contributed by atoms with Gasteiger partial charge in [0.1, 0.15) is 11.5 Å². The van der Waals surface area contributed by atoms with Gasteiger partial charge < -0.3 is 9.47 Å². The van der Waals surface area contributed by atoms with Gasteiger partial charge in [-0.1, -0.05) is 36.4 Å². The van der Waals surface area contributed by atoms with Crippen LogP contribution in [0.3, 0.4) is 0 Å². The smallest absolute Gasteiger partial charge is 0.264 e. The Morgan fingerprint density at radius 1 is 0.914 bits per heavy atom. The van der Waals surface area contributed by atoms with Gasteiger partial charge in [0, 0.05) is 31.7 Å². The summed E-state index contributed by atoms with van der Waals surface area (Å²) in [7, 11) is -2.23. The number of likely N-dealkylation sites (tertiary alicyclic amines) is 1. The largest absolute Gasteiger partial charge is 0.497 e. The van der Waals surface area contributed by atoms with E-state index in [2.05, 4.69) is 29.2 Å². The van der Waals surface area contributed by atoms with E-state index in [0.717, 1.165) is 32.5 Å². The molecule has 1 aliphatic rings. The number of anilines is 1. The fourth-order valence-corrected chi connectivity index (χ4v) is 6.23. The number of benzene rings is 3. The van der Waals surface area contributed by atoms with Crippen molar-refractivity contribution in [2.24, 2.45) is 0 Å². The van der Waals surface area contributed by atoms with E-state index in [0.29, 0.717) is 17.2 Å². The fraction of sp³-hybridized carbons (Fsp3) is 0.357. The Hall–Kier alpha value is -3.03. The maximum absolute atomic E-state index is 14.0. The van der Waals surface area contributed by atoms with Crippen molar-refractivity contribution in [2.75, 3.05) is 24.5 Å². The molecule has 0 saturated carbocycles. The molecule has 3 aromatic rings. The highest BCUT2D eigenvalue weighted by Crippen LogP contribution is 2.33. The van der Waals surface area contributed by atoms with E-state index >= 15 is 0 Å². The maximum Gasteiger partial charge on any atom is 0.264 e. The standard InChI is InChI=1S/C28H34N2O4S/c1-22(2)34-27-11-7-10-25(20-27)30(35(31,32)28-14-12-26(33-3)13-15-28)24-16-18-29(19-17-24)21-23-8-5-4-6-9-23/h4-15,20,22,24H,16-19,21H2,1-3H3. The number of hydrogen-bond acceptors (Lipinski definition) is 5. The molecule has 0 unspecified atom stereocenters. The van der Waals surface area contributed by atoms with Crippen LogP contribution in [0.4, 0.5) is 5.69 Å². The molecule has 3 aromatic carbocycles. The predicted octanol–water partition coefficient (Wildman–Crippen LogP) is 5.34. The maximum atomic E-state index is 14.0. The van der Waals surface area contributed by atoms with E-state index in [9.17, 15) is 8.42 Å². The minimum absolute atomic E-state index is 0.00174. The second-order valence-electron chi connectivity index (χ2n) is 9.13. The Kier molecular flexibility index (Phi) is 7.98. The lowest BCUT2D eigenvalue weighted by Crippen LogP contribution is -2.47. The summed E-state index contributed by atoms with van der Waals surface area (Å²) in [5.41, 5.74) is 1.90. The molecular formula is C28H34N2O4S. The quantitative estimate of drug-likeness (QED) is 0.402. The van der Waals surface area contributed by atoms with Crippen LogP contribution in [0.15, 0.2) is 83.8 Å². The molecule has 0 N–H and O–H groups in total. The van der Waals surface area contributed by atoms with Gasteiger partial charge in [0.05, 0.1) is 23.8 Å². The van der Waals surface area contributed by atoms with Crippen LogP contribution in [0, 0.1) is 0 Å². The van der Waals surface area contributed by atoms with Crippen LogP contribution in [0.1, 0.15) is 32.3 Å². The molecule has 1 aliphatic heterocycles. The minimum atomic E-state index is -3.80. The first-order valence-electron chi connectivity index (χ1n) is 12.1. The Balaban J connectivity index is 1.62. The van der Waals surface area contributed by atoms with E-state index in [1.165, 1.54) is 5.56 Å². The van der Waals surface area contributed by atoms with Crippen molar-refractivity contribution in [3.05, 3.63) is 84.4 Å². The molecule has 1 fully saturated rings. The van der Waals surface area contributed by atoms with E-state index in [1.54, 1.807) is 35.7 Å². The zero-order chi connectivity index (χ0) is 24.8. The molecule has 4 rings (SSSR count). The van der Waals surface area contributed by atoms with Gasteiger partial charge >= 0.3 is 0 Å². The molecule has 0 atom stereocenters. The number of hydrogen-bond donors (Lipinski definition) is 0. The molecule has 0 bridgehead atoms. The summed E-state index contributed by atoms with van der Waals surface area (Å²) >= 11 is 0. The van der Waals surface area contributed by atoms with Crippen LogP contribution in [0.5, 0.6) is 11.5 Å². The molecule has 0 aliphatic carbocycles. The van der Waals surface area contributed by atoms with E-state index < -0.39 is 10.0 Å². The predicted molar refractivity (Wildman–Crippen MR) is 140 cm³/mol. The zero-order valence-electron chi connectivity index (χ0n) is 20.6. The molecule has 6 nitrogen and oxygen atoms in total. The minimum Gasteiger partial charge on any atom is -0.497 e. The van der Waals surface area contributed by atoms with E-state index in [1.807, 2.05) is 44.2 Å². The van der Waals surface area contributed by atoms with Gasteiger partial charge in [-0.05, 0) is 68.7 Å². The monoisotopic (exact) mass is 494 g/mol. The Morgan fingerprint density at radius 3 is 2.23 bits per heavy atom. The van der Waals surface area contributed by atoms with Crippen LogP contribution < -0.4 is 13.8 Å². The summed E-state index contributed by atoms with van der Waals surface area (Å²) in [6, 6.07) is 24.2. The molecule has 0 amide bonds. The summed E-state index contributed by atoms with van der Waals surface area (Å²) < 4.78 is 40.6. The first-order chi connectivity index (χ1) is 16.9. The Morgan fingerprint density at radius 2 is 1.60 bits per heavy atom. The summed E-state index contributed by atoms with van der Waals surface area (Å²) in [6.45, 7) is 6.45. The van der Waals surface area contributed by atoms with Crippen LogP contribution in [0.2, 0.25) is 0 Å². The summed E-state index contributed by atoms with van der Waals surface area (Å²) in [6.07, 6.45) is 1.49. The molecule has 0 aromatic heterocycles. The second kappa shape index (κ2) is 11.1. The van der Waals surface area contributed by atoms with Gasteiger partial charge in [-0.15, -0.1) is 0 Å². The number of methoxy groups -OCH3 is 1. The van der Waals surface area contributed by atoms with Crippen LogP contribution in [-0.2, 0) is 16.6 Å². The lowest BCUT2D eigenvalue weighted by atomic mass is 10.0. The van der Waals surface area contributed by atoms with Crippen molar-refractivity contribution >= 4 is 15.7 Å². The van der Waals surface area contributed by atoms with Gasteiger partial charge in [-0.3, -0.25) is 9.21 Å². The Bertz CT molecular complexity index is 1190. The highest BCUT2D eigenvalue weighted by Gasteiger charge is 2.34. The molecule has 1 heterocycles. The number of ether oxygens (including phenoxy) is 2. The Labute approximate surface area is 209 Å². The summed E-state index contributed by atoms with van der Waals surface area (Å²) in [4.78, 5) is 2.64. The second-order valence-corrected chi connectivity index (χ2v) is 10.9. The van der Waals surface area contributed by atoms with Gasteiger partial charge in [0.25, 0.3) is 10.0 Å². The molecule has 1 saturated heterocycles. The SMILES string of the molecule is COc1ccc(S(=O)(=O)N(c2cccc(OC(C)C)c2)C2CCN(Cc3ccccc3)CC2)cc1. The van der Waals surface area contributed by atoms with Gasteiger partial charge in [-0.2, -0.15) is 0 Å².